The number of hydrogen-bond donors (Lipinski definition) is 1. The van der Waals surface area contributed by atoms with Gasteiger partial charge in [0.1, 0.15) is 0 Å². The molecule has 5 heteroatoms. The van der Waals surface area contributed by atoms with Crippen LogP contribution < -0.4 is 10.2 Å². The molecule has 0 fully saturated rings. The molecule has 1 N–H and O–H groups in total. The predicted molar refractivity (Wildman–Crippen MR) is 93.9 cm³/mol. The topological polar surface area (TPSA) is 58.4 Å². The summed E-state index contributed by atoms with van der Waals surface area (Å²) < 4.78 is 5.09. The summed E-state index contributed by atoms with van der Waals surface area (Å²) in [4.78, 5) is 18.5. The lowest BCUT2D eigenvalue weighted by atomic mass is 10.1. The quantitative estimate of drug-likeness (QED) is 0.783. The molecule has 1 aromatic carbocycles. The Morgan fingerprint density at radius 1 is 1.17 bits per heavy atom. The molecule has 0 aliphatic carbocycles. The van der Waals surface area contributed by atoms with Crippen LogP contribution in [0.15, 0.2) is 65.7 Å². The maximum atomic E-state index is 12.3. The van der Waals surface area contributed by atoms with Crippen LogP contribution in [0, 0.1) is 0 Å². The van der Waals surface area contributed by atoms with Gasteiger partial charge in [0.05, 0.1) is 12.5 Å². The van der Waals surface area contributed by atoms with Gasteiger partial charge < -0.3 is 14.6 Å². The zero-order valence-corrected chi connectivity index (χ0v) is 13.7. The van der Waals surface area contributed by atoms with E-state index in [9.17, 15) is 4.79 Å². The molecule has 122 valence electrons. The Hall–Kier alpha value is -3.08. The van der Waals surface area contributed by atoms with Crippen molar-refractivity contribution in [2.24, 2.45) is 0 Å². The molecule has 0 atom stereocenters. The van der Waals surface area contributed by atoms with Crippen LogP contribution in [0.4, 0.5) is 5.69 Å². The number of benzene rings is 1. The van der Waals surface area contributed by atoms with Gasteiger partial charge in [-0.3, -0.25) is 9.78 Å². The highest BCUT2D eigenvalue weighted by atomic mass is 16.3. The van der Waals surface area contributed by atoms with Gasteiger partial charge in [-0.2, -0.15) is 0 Å². The molecular formula is C19H19N3O2. The Kier molecular flexibility index (Phi) is 4.61. The number of nitrogens with zero attached hydrogens (tertiary/aromatic N) is 2. The van der Waals surface area contributed by atoms with Crippen molar-refractivity contribution in [3.8, 4) is 11.1 Å². The van der Waals surface area contributed by atoms with Gasteiger partial charge in [0.2, 0.25) is 0 Å². The molecule has 24 heavy (non-hydrogen) atoms. The van der Waals surface area contributed by atoms with Gasteiger partial charge in [-0.15, -0.1) is 0 Å². The average Bonchev–Trinajstić information content (AvgIpc) is 3.15. The average molecular weight is 321 g/mol. The lowest BCUT2D eigenvalue weighted by molar-refractivity contribution is 0.0951. The zero-order chi connectivity index (χ0) is 16.9. The Morgan fingerprint density at radius 3 is 2.79 bits per heavy atom. The van der Waals surface area contributed by atoms with Crippen molar-refractivity contribution in [1.29, 1.82) is 0 Å². The Bertz CT molecular complexity index is 826. The fourth-order valence-electron chi connectivity index (χ4n) is 2.38. The van der Waals surface area contributed by atoms with E-state index < -0.39 is 0 Å². The molecular weight excluding hydrogens is 302 g/mol. The number of anilines is 1. The van der Waals surface area contributed by atoms with Crippen molar-refractivity contribution in [2.75, 3.05) is 19.0 Å². The maximum absolute atomic E-state index is 12.3. The van der Waals surface area contributed by atoms with E-state index in [0.717, 1.165) is 22.4 Å². The number of carbonyl (C=O) groups is 1. The summed E-state index contributed by atoms with van der Waals surface area (Å²) >= 11 is 0. The van der Waals surface area contributed by atoms with E-state index in [4.69, 9.17) is 4.42 Å². The Morgan fingerprint density at radius 2 is 2.04 bits per heavy atom. The van der Waals surface area contributed by atoms with E-state index in [-0.39, 0.29) is 5.91 Å². The first-order chi connectivity index (χ1) is 11.6. The molecule has 0 spiro atoms. The van der Waals surface area contributed by atoms with Gasteiger partial charge in [-0.1, -0.05) is 6.07 Å². The standard InChI is InChI=1S/C19H19N3O2/c1-22(2)18-5-3-4-15(9-18)19(23)21-11-14-8-17(12-20-10-14)16-6-7-24-13-16/h3-10,12-13H,11H2,1-2H3,(H,21,23). The second kappa shape index (κ2) is 7.00. The van der Waals surface area contributed by atoms with Gasteiger partial charge in [0.25, 0.3) is 5.91 Å². The van der Waals surface area contributed by atoms with Gasteiger partial charge >= 0.3 is 0 Å². The monoisotopic (exact) mass is 321 g/mol. The smallest absolute Gasteiger partial charge is 0.251 e. The van der Waals surface area contributed by atoms with Crippen LogP contribution in [0.25, 0.3) is 11.1 Å². The number of rotatable bonds is 5. The van der Waals surface area contributed by atoms with E-state index in [1.165, 1.54) is 0 Å². The summed E-state index contributed by atoms with van der Waals surface area (Å²) in [6.07, 6.45) is 6.82. The molecule has 0 aliphatic rings. The molecule has 2 heterocycles. The van der Waals surface area contributed by atoms with Crippen LogP contribution in [-0.2, 0) is 6.54 Å². The van der Waals surface area contributed by atoms with Crippen molar-refractivity contribution < 1.29 is 9.21 Å². The van der Waals surface area contributed by atoms with Gasteiger partial charge in [0.15, 0.2) is 0 Å². The van der Waals surface area contributed by atoms with Crippen LogP contribution in [-0.4, -0.2) is 25.0 Å². The molecule has 2 aromatic heterocycles. The summed E-state index contributed by atoms with van der Waals surface area (Å²) in [6.45, 7) is 0.420. The molecule has 0 radical (unpaired) electrons. The van der Waals surface area contributed by atoms with E-state index in [1.54, 1.807) is 24.9 Å². The van der Waals surface area contributed by atoms with Crippen molar-refractivity contribution in [1.82, 2.24) is 10.3 Å². The zero-order valence-electron chi connectivity index (χ0n) is 13.7. The van der Waals surface area contributed by atoms with Crippen LogP contribution in [0.1, 0.15) is 15.9 Å². The third-order valence-electron chi connectivity index (χ3n) is 3.73. The van der Waals surface area contributed by atoms with Crippen molar-refractivity contribution in [3.05, 3.63) is 72.4 Å². The molecule has 0 saturated heterocycles. The molecule has 3 rings (SSSR count). The summed E-state index contributed by atoms with van der Waals surface area (Å²) in [6, 6.07) is 11.4. The first-order valence-electron chi connectivity index (χ1n) is 7.65. The van der Waals surface area contributed by atoms with Crippen molar-refractivity contribution in [3.63, 3.8) is 0 Å². The molecule has 0 bridgehead atoms. The normalized spacial score (nSPS) is 10.4. The molecule has 0 saturated carbocycles. The Balaban J connectivity index is 1.68. The third-order valence-corrected chi connectivity index (χ3v) is 3.73. The fourth-order valence-corrected chi connectivity index (χ4v) is 2.38. The lowest BCUT2D eigenvalue weighted by Crippen LogP contribution is -2.23. The molecule has 5 nitrogen and oxygen atoms in total. The maximum Gasteiger partial charge on any atom is 0.251 e. The highest BCUT2D eigenvalue weighted by Gasteiger charge is 2.08. The summed E-state index contributed by atoms with van der Waals surface area (Å²) in [5.41, 5.74) is 4.50. The largest absolute Gasteiger partial charge is 0.472 e. The fraction of sp³-hybridized carbons (Fsp3) is 0.158. The molecule has 3 aromatic rings. The second-order valence-electron chi connectivity index (χ2n) is 5.72. The Labute approximate surface area is 140 Å². The number of nitrogens with one attached hydrogen (secondary N) is 1. The number of hydrogen-bond acceptors (Lipinski definition) is 4. The SMILES string of the molecule is CN(C)c1cccc(C(=O)NCc2cncc(-c3ccoc3)c2)c1. The van der Waals surface area contributed by atoms with Crippen molar-refractivity contribution in [2.45, 2.75) is 6.54 Å². The van der Waals surface area contributed by atoms with Crippen LogP contribution in [0.3, 0.4) is 0 Å². The predicted octanol–water partition coefficient (Wildman–Crippen LogP) is 3.34. The highest BCUT2D eigenvalue weighted by molar-refractivity contribution is 5.95. The van der Waals surface area contributed by atoms with Crippen LogP contribution in [0.2, 0.25) is 0 Å². The highest BCUT2D eigenvalue weighted by Crippen LogP contribution is 2.19. The van der Waals surface area contributed by atoms with Gasteiger partial charge in [-0.05, 0) is 35.9 Å². The van der Waals surface area contributed by atoms with E-state index in [0.29, 0.717) is 12.1 Å². The first kappa shape index (κ1) is 15.8. The van der Waals surface area contributed by atoms with Gasteiger partial charge in [-0.25, -0.2) is 0 Å². The third kappa shape index (κ3) is 3.63. The van der Waals surface area contributed by atoms with E-state index in [2.05, 4.69) is 10.3 Å². The molecule has 0 aliphatic heterocycles. The minimum absolute atomic E-state index is 0.104. The van der Waals surface area contributed by atoms with Gasteiger partial charge in [0, 0.05) is 55.4 Å². The minimum atomic E-state index is -0.104. The summed E-state index contributed by atoms with van der Waals surface area (Å²) in [5, 5.41) is 2.93. The number of amides is 1. The van der Waals surface area contributed by atoms with Crippen molar-refractivity contribution >= 4 is 11.6 Å². The first-order valence-corrected chi connectivity index (χ1v) is 7.65. The lowest BCUT2D eigenvalue weighted by Gasteiger charge is -2.13. The molecule has 0 unspecified atom stereocenters. The summed E-state index contributed by atoms with van der Waals surface area (Å²) in [7, 11) is 3.90. The number of aromatic nitrogens is 1. The number of pyridine rings is 1. The number of furan rings is 1. The van der Waals surface area contributed by atoms with Crippen LogP contribution in [0.5, 0.6) is 0 Å². The minimum Gasteiger partial charge on any atom is -0.472 e. The van der Waals surface area contributed by atoms with E-state index in [1.807, 2.05) is 55.4 Å². The molecule has 1 amide bonds. The summed E-state index contributed by atoms with van der Waals surface area (Å²) in [5.74, 6) is -0.104. The second-order valence-corrected chi connectivity index (χ2v) is 5.72. The van der Waals surface area contributed by atoms with E-state index >= 15 is 0 Å². The van der Waals surface area contributed by atoms with Crippen LogP contribution >= 0.6 is 0 Å². The number of carbonyl (C=O) groups excluding carboxylic acids is 1.